The Morgan fingerprint density at radius 3 is 2.52 bits per heavy atom. The molecule has 27 heavy (non-hydrogen) atoms. The average Bonchev–Trinajstić information content (AvgIpc) is 2.66. The number of ether oxygens (including phenoxy) is 1. The minimum absolute atomic E-state index is 0.00781. The van der Waals surface area contributed by atoms with E-state index in [1.807, 2.05) is 12.1 Å². The van der Waals surface area contributed by atoms with E-state index < -0.39 is 5.56 Å². The van der Waals surface area contributed by atoms with Gasteiger partial charge in [0.05, 0.1) is 0 Å². The molecule has 0 amide bonds. The van der Waals surface area contributed by atoms with Crippen molar-refractivity contribution in [1.29, 1.82) is 10.5 Å². The minimum atomic E-state index is -0.671. The van der Waals surface area contributed by atoms with E-state index in [0.29, 0.717) is 16.9 Å². The van der Waals surface area contributed by atoms with Gasteiger partial charge in [0, 0.05) is 5.56 Å². The second-order valence-corrected chi connectivity index (χ2v) is 5.66. The molecule has 0 saturated heterocycles. The van der Waals surface area contributed by atoms with Crippen LogP contribution in [0.3, 0.4) is 0 Å². The Bertz CT molecular complexity index is 1160. The number of nitrogens with one attached hydrogen (secondary N) is 1. The van der Waals surface area contributed by atoms with Crippen LogP contribution in [0.2, 0.25) is 0 Å². The van der Waals surface area contributed by atoms with Gasteiger partial charge in [0.25, 0.3) is 5.56 Å². The predicted octanol–water partition coefficient (Wildman–Crippen LogP) is 3.09. The van der Waals surface area contributed by atoms with Crippen molar-refractivity contribution in [2.75, 3.05) is 5.73 Å². The monoisotopic (exact) mass is 360 g/mol. The zero-order chi connectivity index (χ0) is 19.4. The van der Waals surface area contributed by atoms with Crippen LogP contribution in [-0.2, 0) is 6.61 Å². The highest BCUT2D eigenvalue weighted by molar-refractivity contribution is 5.80. The third-order valence-electron chi connectivity index (χ3n) is 3.89. The van der Waals surface area contributed by atoms with Crippen LogP contribution in [0.25, 0.3) is 11.1 Å². The molecule has 1 heterocycles. The third-order valence-corrected chi connectivity index (χ3v) is 3.89. The van der Waals surface area contributed by atoms with Gasteiger partial charge in [-0.2, -0.15) is 10.5 Å². The number of nitrogens with two attached hydrogens (primary N) is 1. The second-order valence-electron chi connectivity index (χ2n) is 5.66. The molecule has 0 spiro atoms. The predicted molar refractivity (Wildman–Crippen MR) is 97.1 cm³/mol. The van der Waals surface area contributed by atoms with Gasteiger partial charge in [-0.15, -0.1) is 0 Å². The number of halogens is 1. The summed E-state index contributed by atoms with van der Waals surface area (Å²) in [6, 6.07) is 16.3. The van der Waals surface area contributed by atoms with Gasteiger partial charge in [0.1, 0.15) is 47.3 Å². The number of nitriles is 2. The summed E-state index contributed by atoms with van der Waals surface area (Å²) in [6.07, 6.45) is 0. The first-order chi connectivity index (χ1) is 13.0. The zero-order valence-corrected chi connectivity index (χ0v) is 14.0. The third kappa shape index (κ3) is 3.63. The van der Waals surface area contributed by atoms with Crippen molar-refractivity contribution >= 4 is 5.82 Å². The highest BCUT2D eigenvalue weighted by atomic mass is 19.1. The first-order valence-corrected chi connectivity index (χ1v) is 7.87. The number of rotatable bonds is 4. The van der Waals surface area contributed by atoms with Crippen LogP contribution in [0.1, 0.15) is 16.7 Å². The van der Waals surface area contributed by atoms with Crippen LogP contribution in [0.4, 0.5) is 10.2 Å². The number of pyridine rings is 1. The second kappa shape index (κ2) is 7.42. The van der Waals surface area contributed by atoms with Gasteiger partial charge in [-0.1, -0.05) is 24.3 Å². The van der Waals surface area contributed by atoms with Crippen LogP contribution in [0, 0.1) is 28.5 Å². The van der Waals surface area contributed by atoms with Crippen molar-refractivity contribution in [3.8, 4) is 29.0 Å². The first kappa shape index (κ1) is 17.7. The lowest BCUT2D eigenvalue weighted by atomic mass is 9.96. The molecule has 7 heteroatoms. The molecule has 6 nitrogen and oxygen atoms in total. The van der Waals surface area contributed by atoms with Crippen LogP contribution < -0.4 is 16.0 Å². The van der Waals surface area contributed by atoms with Crippen molar-refractivity contribution in [3.05, 3.63) is 81.4 Å². The lowest BCUT2D eigenvalue weighted by Crippen LogP contribution is -2.16. The Hall–Kier alpha value is -4.10. The zero-order valence-electron chi connectivity index (χ0n) is 14.0. The first-order valence-electron chi connectivity index (χ1n) is 7.87. The maximum atomic E-state index is 13.3. The van der Waals surface area contributed by atoms with E-state index in [1.54, 1.807) is 36.4 Å². The van der Waals surface area contributed by atoms with Gasteiger partial charge in [-0.25, -0.2) is 4.39 Å². The van der Waals surface area contributed by atoms with Gasteiger partial charge >= 0.3 is 0 Å². The molecule has 3 N–H and O–H groups in total. The van der Waals surface area contributed by atoms with Crippen molar-refractivity contribution in [2.24, 2.45) is 0 Å². The number of nitrogen functional groups attached to an aromatic ring is 1. The smallest absolute Gasteiger partial charge is 0.268 e. The van der Waals surface area contributed by atoms with Gasteiger partial charge in [0.15, 0.2) is 0 Å². The average molecular weight is 360 g/mol. The molecule has 132 valence electrons. The molecule has 0 aliphatic heterocycles. The summed E-state index contributed by atoms with van der Waals surface area (Å²) in [5, 5.41) is 18.7. The Morgan fingerprint density at radius 2 is 1.81 bits per heavy atom. The molecule has 0 bridgehead atoms. The summed E-state index contributed by atoms with van der Waals surface area (Å²) in [7, 11) is 0. The summed E-state index contributed by atoms with van der Waals surface area (Å²) < 4.78 is 18.9. The van der Waals surface area contributed by atoms with Crippen LogP contribution in [-0.4, -0.2) is 4.98 Å². The Labute approximate surface area is 153 Å². The standard InChI is InChI=1S/C20H13FN4O2/c21-14-5-1-3-12(7-14)11-27-15-6-2-4-13(8-15)18-16(9-22)19(24)25-20(26)17(18)10-23/h1-8H,11H2,(H3,24,25,26). The number of H-pyrrole nitrogens is 1. The molecule has 0 unspecified atom stereocenters. The van der Waals surface area contributed by atoms with Crippen LogP contribution >= 0.6 is 0 Å². The highest BCUT2D eigenvalue weighted by Crippen LogP contribution is 2.30. The SMILES string of the molecule is N#Cc1c(N)[nH]c(=O)c(C#N)c1-c1cccc(OCc2cccc(F)c2)c1. The molecule has 0 fully saturated rings. The molecule has 1 aromatic heterocycles. The molecule has 3 aromatic rings. The number of aromatic nitrogens is 1. The molecule has 2 aromatic carbocycles. The van der Waals surface area contributed by atoms with Gasteiger partial charge in [-0.3, -0.25) is 4.79 Å². The number of anilines is 1. The van der Waals surface area contributed by atoms with Crippen molar-refractivity contribution < 1.29 is 9.13 Å². The molecular formula is C20H13FN4O2. The lowest BCUT2D eigenvalue weighted by molar-refractivity contribution is 0.305. The van der Waals surface area contributed by atoms with Crippen molar-refractivity contribution in [3.63, 3.8) is 0 Å². The van der Waals surface area contributed by atoms with E-state index in [4.69, 9.17) is 10.5 Å². The topological polar surface area (TPSA) is 116 Å². The molecular weight excluding hydrogens is 347 g/mol. The van der Waals surface area contributed by atoms with E-state index in [-0.39, 0.29) is 34.9 Å². The molecule has 0 aliphatic rings. The summed E-state index contributed by atoms with van der Waals surface area (Å²) in [6.45, 7) is 0.134. The minimum Gasteiger partial charge on any atom is -0.489 e. The number of aromatic amines is 1. The number of nitrogens with zero attached hydrogens (tertiary/aromatic N) is 2. The van der Waals surface area contributed by atoms with Crippen LogP contribution in [0.5, 0.6) is 5.75 Å². The Kier molecular flexibility index (Phi) is 4.87. The molecule has 0 saturated carbocycles. The number of hydrogen-bond acceptors (Lipinski definition) is 5. The molecule has 0 atom stereocenters. The number of benzene rings is 2. The van der Waals surface area contributed by atoms with Crippen molar-refractivity contribution in [1.82, 2.24) is 4.98 Å². The highest BCUT2D eigenvalue weighted by Gasteiger charge is 2.18. The van der Waals surface area contributed by atoms with E-state index in [0.717, 1.165) is 0 Å². The van der Waals surface area contributed by atoms with Gasteiger partial charge in [-0.05, 0) is 35.4 Å². The summed E-state index contributed by atoms with van der Waals surface area (Å²) >= 11 is 0. The fourth-order valence-corrected chi connectivity index (χ4v) is 2.67. The fourth-order valence-electron chi connectivity index (χ4n) is 2.67. The van der Waals surface area contributed by atoms with Gasteiger partial charge < -0.3 is 15.5 Å². The van der Waals surface area contributed by atoms with Gasteiger partial charge in [0.2, 0.25) is 0 Å². The summed E-state index contributed by atoms with van der Waals surface area (Å²) in [5.74, 6) is -0.0351. The molecule has 0 radical (unpaired) electrons. The van der Waals surface area contributed by atoms with E-state index >= 15 is 0 Å². The summed E-state index contributed by atoms with van der Waals surface area (Å²) in [5.41, 5.74) is 6.10. The fraction of sp³-hybridized carbons (Fsp3) is 0.0500. The normalized spacial score (nSPS) is 10.0. The number of hydrogen-bond donors (Lipinski definition) is 2. The molecule has 3 rings (SSSR count). The van der Waals surface area contributed by atoms with E-state index in [9.17, 15) is 19.7 Å². The maximum absolute atomic E-state index is 13.3. The van der Waals surface area contributed by atoms with E-state index in [1.165, 1.54) is 12.1 Å². The van der Waals surface area contributed by atoms with Crippen LogP contribution in [0.15, 0.2) is 53.3 Å². The molecule has 0 aliphatic carbocycles. The largest absolute Gasteiger partial charge is 0.489 e. The summed E-state index contributed by atoms with van der Waals surface area (Å²) in [4.78, 5) is 14.3. The maximum Gasteiger partial charge on any atom is 0.268 e. The van der Waals surface area contributed by atoms with E-state index in [2.05, 4.69) is 4.98 Å². The lowest BCUT2D eigenvalue weighted by Gasteiger charge is -2.11. The Balaban J connectivity index is 2.01. The Morgan fingerprint density at radius 1 is 1.07 bits per heavy atom. The van der Waals surface area contributed by atoms with Crippen molar-refractivity contribution in [2.45, 2.75) is 6.61 Å². The quantitative estimate of drug-likeness (QED) is 0.742.